The van der Waals surface area contributed by atoms with Crippen LogP contribution in [-0.4, -0.2) is 6.61 Å². The molecule has 3 aromatic rings. The monoisotopic (exact) mass is 469 g/mol. The molecular formula is C24H18BrF2NO2. The fourth-order valence-electron chi connectivity index (χ4n) is 2.84. The zero-order chi connectivity index (χ0) is 21.5. The molecule has 0 aliphatic rings. The Morgan fingerprint density at radius 3 is 2.50 bits per heavy atom. The number of benzene rings is 3. The molecule has 0 fully saturated rings. The summed E-state index contributed by atoms with van der Waals surface area (Å²) in [6.45, 7) is 2.41. The van der Waals surface area contributed by atoms with Crippen molar-refractivity contribution in [2.75, 3.05) is 6.61 Å². The van der Waals surface area contributed by atoms with Crippen LogP contribution in [-0.2, 0) is 6.61 Å². The van der Waals surface area contributed by atoms with E-state index >= 15 is 0 Å². The largest absolute Gasteiger partial charge is 0.490 e. The smallest absolute Gasteiger partial charge is 0.162 e. The van der Waals surface area contributed by atoms with E-state index in [1.54, 1.807) is 48.5 Å². The van der Waals surface area contributed by atoms with Gasteiger partial charge in [0.2, 0.25) is 0 Å². The van der Waals surface area contributed by atoms with Gasteiger partial charge in [0.05, 0.1) is 18.2 Å². The number of hydrogen-bond donors (Lipinski definition) is 0. The van der Waals surface area contributed by atoms with Gasteiger partial charge in [-0.05, 0) is 54.5 Å². The van der Waals surface area contributed by atoms with Crippen molar-refractivity contribution in [2.45, 2.75) is 13.5 Å². The van der Waals surface area contributed by atoms with Crippen LogP contribution in [0.3, 0.4) is 0 Å². The van der Waals surface area contributed by atoms with Crippen LogP contribution in [0.15, 0.2) is 65.1 Å². The van der Waals surface area contributed by atoms with Gasteiger partial charge in [0, 0.05) is 10.0 Å². The summed E-state index contributed by atoms with van der Waals surface area (Å²) in [5.74, 6) is 0.130. The van der Waals surface area contributed by atoms with Crippen LogP contribution < -0.4 is 9.47 Å². The first-order valence-corrected chi connectivity index (χ1v) is 10.0. The molecule has 152 valence electrons. The highest BCUT2D eigenvalue weighted by Gasteiger charge is 2.13. The highest BCUT2D eigenvalue weighted by Crippen LogP contribution is 2.36. The Balaban J connectivity index is 1.94. The van der Waals surface area contributed by atoms with Crippen LogP contribution in [0.25, 0.3) is 11.6 Å². The van der Waals surface area contributed by atoms with Gasteiger partial charge in [-0.25, -0.2) is 8.78 Å². The fourth-order valence-corrected chi connectivity index (χ4v) is 3.27. The molecular weight excluding hydrogens is 452 g/mol. The number of halogens is 3. The second kappa shape index (κ2) is 10.0. The molecule has 0 aliphatic carbocycles. The zero-order valence-electron chi connectivity index (χ0n) is 16.2. The minimum atomic E-state index is -0.471. The van der Waals surface area contributed by atoms with E-state index < -0.39 is 5.82 Å². The predicted molar refractivity (Wildman–Crippen MR) is 116 cm³/mol. The van der Waals surface area contributed by atoms with Crippen molar-refractivity contribution in [3.63, 3.8) is 0 Å². The molecule has 0 N–H and O–H groups in total. The molecule has 6 heteroatoms. The summed E-state index contributed by atoms with van der Waals surface area (Å²) in [4.78, 5) is 0. The SMILES string of the molecule is CCOc1cc(/C=C(/C#N)c2ccccc2F)c(Br)cc1OCc1cccc(F)c1. The minimum Gasteiger partial charge on any atom is -0.490 e. The molecule has 30 heavy (non-hydrogen) atoms. The average Bonchev–Trinajstić information content (AvgIpc) is 2.73. The number of hydrogen-bond acceptors (Lipinski definition) is 3. The van der Waals surface area contributed by atoms with E-state index in [1.807, 2.05) is 13.0 Å². The summed E-state index contributed by atoms with van der Waals surface area (Å²) in [5.41, 5.74) is 1.72. The Morgan fingerprint density at radius 1 is 1.03 bits per heavy atom. The summed E-state index contributed by atoms with van der Waals surface area (Å²) in [6.07, 6.45) is 1.58. The molecule has 0 heterocycles. The quantitative estimate of drug-likeness (QED) is 0.283. The maximum Gasteiger partial charge on any atom is 0.162 e. The molecule has 0 aliphatic heterocycles. The van der Waals surface area contributed by atoms with Crippen LogP contribution in [0.1, 0.15) is 23.6 Å². The second-order valence-corrected chi connectivity index (χ2v) is 7.18. The van der Waals surface area contributed by atoms with Crippen molar-refractivity contribution < 1.29 is 18.3 Å². The Hall–Kier alpha value is -3.17. The lowest BCUT2D eigenvalue weighted by Crippen LogP contribution is -2.01. The Labute approximate surface area is 182 Å². The molecule has 0 bridgehead atoms. The van der Waals surface area contributed by atoms with Crippen molar-refractivity contribution in [1.29, 1.82) is 5.26 Å². The van der Waals surface area contributed by atoms with Crippen molar-refractivity contribution in [1.82, 2.24) is 0 Å². The molecule has 0 saturated heterocycles. The topological polar surface area (TPSA) is 42.2 Å². The first kappa shape index (κ1) is 21.5. The highest BCUT2D eigenvalue weighted by molar-refractivity contribution is 9.10. The summed E-state index contributed by atoms with van der Waals surface area (Å²) in [6, 6.07) is 17.7. The van der Waals surface area contributed by atoms with Crippen LogP contribution in [0, 0.1) is 23.0 Å². The van der Waals surface area contributed by atoms with Crippen molar-refractivity contribution in [3.05, 3.63) is 93.5 Å². The van der Waals surface area contributed by atoms with Crippen molar-refractivity contribution in [3.8, 4) is 17.6 Å². The van der Waals surface area contributed by atoms with Crippen molar-refractivity contribution in [2.24, 2.45) is 0 Å². The molecule has 3 nitrogen and oxygen atoms in total. The van der Waals surface area contributed by atoms with Gasteiger partial charge in [-0.15, -0.1) is 0 Å². The number of nitriles is 1. The van der Waals surface area contributed by atoms with Gasteiger partial charge < -0.3 is 9.47 Å². The summed E-state index contributed by atoms with van der Waals surface area (Å²) in [7, 11) is 0. The molecule has 0 amide bonds. The van der Waals surface area contributed by atoms with Crippen LogP contribution >= 0.6 is 15.9 Å². The van der Waals surface area contributed by atoms with E-state index in [9.17, 15) is 14.0 Å². The van der Waals surface area contributed by atoms with Gasteiger partial charge in [-0.1, -0.05) is 46.3 Å². The average molecular weight is 470 g/mol. The maximum atomic E-state index is 14.1. The number of ether oxygens (including phenoxy) is 2. The van der Waals surface area contributed by atoms with Crippen LogP contribution in [0.2, 0.25) is 0 Å². The number of nitrogens with zero attached hydrogens (tertiary/aromatic N) is 1. The van der Waals surface area contributed by atoms with Gasteiger partial charge in [-0.2, -0.15) is 5.26 Å². The molecule has 0 saturated carbocycles. The molecule has 0 radical (unpaired) electrons. The zero-order valence-corrected chi connectivity index (χ0v) is 17.7. The van der Waals surface area contributed by atoms with Gasteiger partial charge in [0.25, 0.3) is 0 Å². The van der Waals surface area contributed by atoms with Crippen LogP contribution in [0.5, 0.6) is 11.5 Å². The summed E-state index contributed by atoms with van der Waals surface area (Å²) < 4.78 is 39.7. The Morgan fingerprint density at radius 2 is 1.80 bits per heavy atom. The van der Waals surface area contributed by atoms with Gasteiger partial charge in [0.15, 0.2) is 11.5 Å². The third-order valence-corrected chi connectivity index (χ3v) is 4.92. The standard InChI is InChI=1S/C24H18BrF2NO2/c1-2-29-23-12-17(11-18(14-28)20-8-3-4-9-22(20)27)21(25)13-24(23)30-15-16-6-5-7-19(26)10-16/h3-13H,2,15H2,1H3/b18-11-. The third kappa shape index (κ3) is 5.25. The lowest BCUT2D eigenvalue weighted by atomic mass is 10.0. The van der Waals surface area contributed by atoms with Gasteiger partial charge in [0.1, 0.15) is 18.2 Å². The lowest BCUT2D eigenvalue weighted by Gasteiger charge is -2.14. The molecule has 3 aromatic carbocycles. The van der Waals surface area contributed by atoms with Gasteiger partial charge in [-0.3, -0.25) is 0 Å². The molecule has 0 unspecified atom stereocenters. The molecule has 0 atom stereocenters. The maximum absolute atomic E-state index is 14.1. The first-order chi connectivity index (χ1) is 14.5. The summed E-state index contributed by atoms with van der Waals surface area (Å²) >= 11 is 3.48. The van der Waals surface area contributed by atoms with E-state index in [1.165, 1.54) is 18.2 Å². The normalized spacial score (nSPS) is 11.1. The molecule has 3 rings (SSSR count). The van der Waals surface area contributed by atoms with E-state index in [4.69, 9.17) is 9.47 Å². The van der Waals surface area contributed by atoms with E-state index in [2.05, 4.69) is 15.9 Å². The van der Waals surface area contributed by atoms with E-state index in [0.717, 1.165) is 0 Å². The van der Waals surface area contributed by atoms with Crippen LogP contribution in [0.4, 0.5) is 8.78 Å². The number of allylic oxidation sites excluding steroid dienone is 1. The van der Waals surface area contributed by atoms with Crippen molar-refractivity contribution >= 4 is 27.6 Å². The highest BCUT2D eigenvalue weighted by atomic mass is 79.9. The predicted octanol–water partition coefficient (Wildman–Crippen LogP) is 6.77. The molecule has 0 spiro atoms. The molecule has 0 aromatic heterocycles. The lowest BCUT2D eigenvalue weighted by molar-refractivity contribution is 0.269. The number of rotatable bonds is 7. The first-order valence-electron chi connectivity index (χ1n) is 9.22. The summed E-state index contributed by atoms with van der Waals surface area (Å²) in [5, 5.41) is 9.53. The minimum absolute atomic E-state index is 0.165. The Kier molecular flexibility index (Phi) is 7.21. The fraction of sp³-hybridized carbons (Fsp3) is 0.125. The van der Waals surface area contributed by atoms with E-state index in [-0.39, 0.29) is 23.6 Å². The third-order valence-electron chi connectivity index (χ3n) is 4.23. The van der Waals surface area contributed by atoms with Gasteiger partial charge >= 0.3 is 0 Å². The Bertz CT molecular complexity index is 1120. The van der Waals surface area contributed by atoms with E-state index in [0.29, 0.717) is 33.7 Å². The second-order valence-electron chi connectivity index (χ2n) is 6.32.